The fourth-order valence-corrected chi connectivity index (χ4v) is 0.947. The van der Waals surface area contributed by atoms with E-state index in [0.29, 0.717) is 0 Å². The molecule has 0 unspecified atom stereocenters. The summed E-state index contributed by atoms with van der Waals surface area (Å²) in [5, 5.41) is 6.66. The fraction of sp³-hybridized carbons (Fsp3) is 0.125. The number of ether oxygens (including phenoxy) is 1. The molecule has 0 aromatic heterocycles. The quantitative estimate of drug-likeness (QED) is 0.768. The Hall–Kier alpha value is -1.23. The first-order chi connectivity index (χ1) is 6.38. The van der Waals surface area contributed by atoms with Crippen LogP contribution in [-0.4, -0.2) is 11.5 Å². The summed E-state index contributed by atoms with van der Waals surface area (Å²) in [5.41, 5.74) is 0.174. The van der Waals surface area contributed by atoms with Gasteiger partial charge < -0.3 is 4.74 Å². The molecule has 14 heavy (non-hydrogen) atoms. The number of halogens is 4. The molecule has 0 bridgehead atoms. The van der Waals surface area contributed by atoms with Crippen LogP contribution in [0.4, 0.5) is 13.2 Å². The van der Waals surface area contributed by atoms with Gasteiger partial charge in [-0.25, -0.2) is 0 Å². The van der Waals surface area contributed by atoms with Crippen LogP contribution in [0.25, 0.3) is 0 Å². The Kier molecular flexibility index (Phi) is 3.00. The Morgan fingerprint density at radius 2 is 2.00 bits per heavy atom. The van der Waals surface area contributed by atoms with Gasteiger partial charge in [-0.2, -0.15) is 0 Å². The van der Waals surface area contributed by atoms with Gasteiger partial charge in [-0.05, 0) is 12.1 Å². The minimum Gasteiger partial charge on any atom is -0.406 e. The average molecular weight is 224 g/mol. The molecule has 1 N–H and O–H groups in total. The smallest absolute Gasteiger partial charge is 0.406 e. The van der Waals surface area contributed by atoms with Gasteiger partial charge in [0.2, 0.25) is 0 Å². The molecule has 1 aromatic rings. The van der Waals surface area contributed by atoms with Gasteiger partial charge in [-0.1, -0.05) is 23.7 Å². The third-order valence-electron chi connectivity index (χ3n) is 1.32. The summed E-state index contributed by atoms with van der Waals surface area (Å²) in [6.45, 7) is 0. The van der Waals surface area contributed by atoms with Crippen molar-refractivity contribution in [3.63, 3.8) is 0 Å². The van der Waals surface area contributed by atoms with Gasteiger partial charge in [0, 0.05) is 5.56 Å². The zero-order valence-corrected chi connectivity index (χ0v) is 7.49. The third kappa shape index (κ3) is 3.26. The van der Waals surface area contributed by atoms with Crippen molar-refractivity contribution >= 4 is 16.8 Å². The first-order valence-electron chi connectivity index (χ1n) is 3.49. The van der Waals surface area contributed by atoms with Crippen LogP contribution in [-0.2, 0) is 0 Å². The maximum absolute atomic E-state index is 11.8. The maximum atomic E-state index is 11.8. The number of benzene rings is 1. The van der Waals surface area contributed by atoms with Crippen molar-refractivity contribution in [2.75, 3.05) is 0 Å². The largest absolute Gasteiger partial charge is 0.573 e. The van der Waals surface area contributed by atoms with E-state index in [1.807, 2.05) is 0 Å². The molecule has 0 heterocycles. The molecule has 0 fully saturated rings. The van der Waals surface area contributed by atoms with E-state index in [4.69, 9.17) is 17.0 Å². The van der Waals surface area contributed by atoms with Gasteiger partial charge in [0.25, 0.3) is 0 Å². The number of rotatable bonds is 2. The fourth-order valence-electron chi connectivity index (χ4n) is 0.830. The topological polar surface area (TPSA) is 33.1 Å². The summed E-state index contributed by atoms with van der Waals surface area (Å²) in [5.74, 6) is -0.389. The van der Waals surface area contributed by atoms with Crippen LogP contribution in [0.1, 0.15) is 5.56 Å². The number of hydrogen-bond donors (Lipinski definition) is 1. The SMILES string of the molecule is N=C(Cl)c1cccc(OC(F)(F)F)c1. The minimum absolute atomic E-state index is 0.174. The van der Waals surface area contributed by atoms with E-state index >= 15 is 0 Å². The molecular weight excluding hydrogens is 219 g/mol. The molecule has 0 amide bonds. The highest BCUT2D eigenvalue weighted by Crippen LogP contribution is 2.23. The Morgan fingerprint density at radius 1 is 1.36 bits per heavy atom. The molecule has 0 aliphatic rings. The second kappa shape index (κ2) is 3.88. The average Bonchev–Trinajstić information content (AvgIpc) is 2.01. The lowest BCUT2D eigenvalue weighted by Crippen LogP contribution is -2.17. The predicted octanol–water partition coefficient (Wildman–Crippen LogP) is 3.15. The monoisotopic (exact) mass is 223 g/mol. The Labute approximate surface area is 82.8 Å². The lowest BCUT2D eigenvalue weighted by molar-refractivity contribution is -0.274. The van der Waals surface area contributed by atoms with E-state index in [1.54, 1.807) is 0 Å². The van der Waals surface area contributed by atoms with E-state index in [0.717, 1.165) is 12.1 Å². The van der Waals surface area contributed by atoms with Crippen molar-refractivity contribution in [2.24, 2.45) is 0 Å². The van der Waals surface area contributed by atoms with Crippen molar-refractivity contribution in [1.29, 1.82) is 5.41 Å². The van der Waals surface area contributed by atoms with E-state index in [1.165, 1.54) is 12.1 Å². The molecule has 0 saturated heterocycles. The van der Waals surface area contributed by atoms with Gasteiger partial charge in [0.05, 0.1) is 0 Å². The van der Waals surface area contributed by atoms with Crippen molar-refractivity contribution in [2.45, 2.75) is 6.36 Å². The van der Waals surface area contributed by atoms with Crippen molar-refractivity contribution < 1.29 is 17.9 Å². The molecular formula is C8H5ClF3NO. The Bertz CT molecular complexity index is 351. The minimum atomic E-state index is -4.73. The highest BCUT2D eigenvalue weighted by atomic mass is 35.5. The molecule has 1 aromatic carbocycles. The van der Waals surface area contributed by atoms with Crippen LogP contribution < -0.4 is 4.74 Å². The van der Waals surface area contributed by atoms with Gasteiger partial charge >= 0.3 is 6.36 Å². The van der Waals surface area contributed by atoms with E-state index < -0.39 is 6.36 Å². The Morgan fingerprint density at radius 3 is 2.50 bits per heavy atom. The second-order valence-corrected chi connectivity index (χ2v) is 2.77. The first-order valence-corrected chi connectivity index (χ1v) is 3.86. The highest BCUT2D eigenvalue weighted by Gasteiger charge is 2.31. The van der Waals surface area contributed by atoms with Crippen molar-refractivity contribution in [1.82, 2.24) is 0 Å². The van der Waals surface area contributed by atoms with E-state index in [9.17, 15) is 13.2 Å². The molecule has 2 nitrogen and oxygen atoms in total. The lowest BCUT2D eigenvalue weighted by atomic mass is 10.2. The summed E-state index contributed by atoms with van der Waals surface area (Å²) in [6.07, 6.45) is -4.73. The van der Waals surface area contributed by atoms with E-state index in [2.05, 4.69) is 4.74 Å². The van der Waals surface area contributed by atoms with Gasteiger partial charge in [-0.15, -0.1) is 13.2 Å². The molecule has 0 saturated carbocycles. The van der Waals surface area contributed by atoms with Crippen molar-refractivity contribution in [3.05, 3.63) is 29.8 Å². The van der Waals surface area contributed by atoms with Crippen LogP contribution in [0.5, 0.6) is 5.75 Å². The van der Waals surface area contributed by atoms with Crippen LogP contribution in [0.2, 0.25) is 0 Å². The number of nitrogens with one attached hydrogen (secondary N) is 1. The van der Waals surface area contributed by atoms with Crippen LogP contribution in [0.15, 0.2) is 24.3 Å². The molecule has 0 aliphatic heterocycles. The third-order valence-corrected chi connectivity index (χ3v) is 1.54. The van der Waals surface area contributed by atoms with Gasteiger partial charge in [0.1, 0.15) is 10.9 Å². The molecule has 0 aliphatic carbocycles. The normalized spacial score (nSPS) is 11.1. The number of hydrogen-bond acceptors (Lipinski definition) is 2. The second-order valence-electron chi connectivity index (χ2n) is 2.39. The standard InChI is InChI=1S/C8H5ClF3NO/c9-7(13)5-2-1-3-6(4-5)14-8(10,11)12/h1-4,13H. The summed E-state index contributed by atoms with van der Waals surface area (Å²) in [4.78, 5) is 0. The molecule has 6 heteroatoms. The zero-order chi connectivity index (χ0) is 10.8. The first kappa shape index (κ1) is 10.8. The molecule has 1 rings (SSSR count). The zero-order valence-electron chi connectivity index (χ0n) is 6.73. The number of alkyl halides is 3. The lowest BCUT2D eigenvalue weighted by Gasteiger charge is -2.08. The molecule has 0 radical (unpaired) electrons. The highest BCUT2D eigenvalue weighted by molar-refractivity contribution is 6.68. The van der Waals surface area contributed by atoms with Crippen LogP contribution >= 0.6 is 11.6 Å². The molecule has 0 atom stereocenters. The van der Waals surface area contributed by atoms with Gasteiger partial charge in [0.15, 0.2) is 0 Å². The van der Waals surface area contributed by atoms with Crippen LogP contribution in [0.3, 0.4) is 0 Å². The predicted molar refractivity (Wildman–Crippen MR) is 45.8 cm³/mol. The molecule has 0 spiro atoms. The van der Waals surface area contributed by atoms with Gasteiger partial charge in [-0.3, -0.25) is 5.41 Å². The van der Waals surface area contributed by atoms with Crippen LogP contribution in [0, 0.1) is 5.41 Å². The summed E-state index contributed by atoms with van der Waals surface area (Å²) < 4.78 is 38.9. The molecule has 76 valence electrons. The summed E-state index contributed by atoms with van der Waals surface area (Å²) in [7, 11) is 0. The van der Waals surface area contributed by atoms with Crippen molar-refractivity contribution in [3.8, 4) is 5.75 Å². The Balaban J connectivity index is 2.89. The summed E-state index contributed by atoms with van der Waals surface area (Å²) in [6, 6.07) is 4.92. The maximum Gasteiger partial charge on any atom is 0.573 e. The van der Waals surface area contributed by atoms with E-state index in [-0.39, 0.29) is 16.5 Å². The summed E-state index contributed by atoms with van der Waals surface area (Å²) >= 11 is 5.29.